The molecule has 1 aromatic carbocycles. The van der Waals surface area contributed by atoms with Gasteiger partial charge in [0.1, 0.15) is 5.69 Å². The summed E-state index contributed by atoms with van der Waals surface area (Å²) in [6, 6.07) is 4.10. The van der Waals surface area contributed by atoms with Gasteiger partial charge in [0.15, 0.2) is 5.82 Å². The fourth-order valence-corrected chi connectivity index (χ4v) is 2.80. The Kier molecular flexibility index (Phi) is 4.35. The average molecular weight is 266 g/mol. The minimum absolute atomic E-state index is 0.0363. The number of halogens is 1. The molecule has 19 heavy (non-hydrogen) atoms. The van der Waals surface area contributed by atoms with Gasteiger partial charge in [0, 0.05) is 12.1 Å². The zero-order valence-corrected chi connectivity index (χ0v) is 11.1. The third-order valence-corrected chi connectivity index (χ3v) is 3.90. The molecule has 5 heteroatoms. The number of nitro groups is 1. The molecule has 1 N–H and O–H groups in total. The zero-order chi connectivity index (χ0) is 13.8. The number of hydrogen-bond acceptors (Lipinski definition) is 3. The van der Waals surface area contributed by atoms with E-state index in [1.165, 1.54) is 24.6 Å². The Bertz CT molecular complexity index is 465. The fraction of sp³-hybridized carbons (Fsp3) is 0.571. The Labute approximate surface area is 112 Å². The van der Waals surface area contributed by atoms with Crippen molar-refractivity contribution in [2.45, 2.75) is 45.1 Å². The van der Waals surface area contributed by atoms with E-state index in [0.29, 0.717) is 5.92 Å². The van der Waals surface area contributed by atoms with Crippen LogP contribution in [0, 0.1) is 21.8 Å². The molecule has 0 aliphatic heterocycles. The molecular formula is C14H19FN2O2. The van der Waals surface area contributed by atoms with Gasteiger partial charge in [-0.15, -0.1) is 0 Å². The second-order valence-electron chi connectivity index (χ2n) is 5.17. The highest BCUT2D eigenvalue weighted by Gasteiger charge is 2.25. The van der Waals surface area contributed by atoms with Crippen LogP contribution in [0.2, 0.25) is 0 Å². The number of nitro benzene ring substituents is 1. The Balaban J connectivity index is 2.16. The summed E-state index contributed by atoms with van der Waals surface area (Å²) in [5, 5.41) is 14.0. The lowest BCUT2D eigenvalue weighted by atomic mass is 9.84. The SMILES string of the molecule is CCC1CCCC(Nc2c(F)cccc2[N+](=O)[O-])C1. The summed E-state index contributed by atoms with van der Waals surface area (Å²) in [6.45, 7) is 2.15. The van der Waals surface area contributed by atoms with Crippen LogP contribution in [0.1, 0.15) is 39.0 Å². The van der Waals surface area contributed by atoms with Crippen molar-refractivity contribution in [3.8, 4) is 0 Å². The quantitative estimate of drug-likeness (QED) is 0.659. The fourth-order valence-electron chi connectivity index (χ4n) is 2.80. The molecule has 0 bridgehead atoms. The van der Waals surface area contributed by atoms with Crippen LogP contribution < -0.4 is 5.32 Å². The van der Waals surface area contributed by atoms with Crippen molar-refractivity contribution in [1.29, 1.82) is 0 Å². The van der Waals surface area contributed by atoms with Crippen LogP contribution in [-0.4, -0.2) is 11.0 Å². The first-order chi connectivity index (χ1) is 9.11. The summed E-state index contributed by atoms with van der Waals surface area (Å²) < 4.78 is 13.8. The van der Waals surface area contributed by atoms with Crippen molar-refractivity contribution >= 4 is 11.4 Å². The molecule has 2 unspecified atom stereocenters. The number of para-hydroxylation sites is 1. The maximum Gasteiger partial charge on any atom is 0.295 e. The van der Waals surface area contributed by atoms with Crippen molar-refractivity contribution in [3.63, 3.8) is 0 Å². The molecule has 1 aromatic rings. The third kappa shape index (κ3) is 3.22. The molecular weight excluding hydrogens is 247 g/mol. The van der Waals surface area contributed by atoms with E-state index in [0.717, 1.165) is 25.7 Å². The lowest BCUT2D eigenvalue weighted by Gasteiger charge is -2.29. The van der Waals surface area contributed by atoms with Gasteiger partial charge in [-0.25, -0.2) is 4.39 Å². The minimum atomic E-state index is -0.548. The molecule has 0 saturated heterocycles. The van der Waals surface area contributed by atoms with Crippen molar-refractivity contribution in [1.82, 2.24) is 0 Å². The summed E-state index contributed by atoms with van der Waals surface area (Å²) in [4.78, 5) is 10.4. The third-order valence-electron chi connectivity index (χ3n) is 3.90. The summed E-state index contributed by atoms with van der Waals surface area (Å²) in [5.74, 6) is 0.0879. The van der Waals surface area contributed by atoms with E-state index in [4.69, 9.17) is 0 Å². The van der Waals surface area contributed by atoms with Gasteiger partial charge in [-0.3, -0.25) is 10.1 Å². The van der Waals surface area contributed by atoms with Gasteiger partial charge in [0.05, 0.1) is 4.92 Å². The lowest BCUT2D eigenvalue weighted by Crippen LogP contribution is -2.27. The molecule has 1 aliphatic rings. The maximum atomic E-state index is 13.8. The highest BCUT2D eigenvalue weighted by Crippen LogP contribution is 2.33. The number of anilines is 1. The summed E-state index contributed by atoms with van der Waals surface area (Å²) in [5.41, 5.74) is -0.145. The second-order valence-corrected chi connectivity index (χ2v) is 5.17. The molecule has 0 spiro atoms. The summed E-state index contributed by atoms with van der Waals surface area (Å²) >= 11 is 0. The molecule has 2 rings (SSSR count). The predicted octanol–water partition coefficient (Wildman–Crippen LogP) is 4.11. The summed E-state index contributed by atoms with van der Waals surface area (Å²) in [6.07, 6.45) is 5.31. The standard InChI is InChI=1S/C14H19FN2O2/c1-2-10-5-3-6-11(9-10)16-14-12(15)7-4-8-13(14)17(18)19/h4,7-8,10-11,16H,2-3,5-6,9H2,1H3. The normalized spacial score (nSPS) is 23.1. The molecule has 0 aromatic heterocycles. The summed E-state index contributed by atoms with van der Waals surface area (Å²) in [7, 11) is 0. The molecule has 104 valence electrons. The molecule has 2 atom stereocenters. The van der Waals surface area contributed by atoms with E-state index >= 15 is 0 Å². The smallest absolute Gasteiger partial charge is 0.295 e. The van der Waals surface area contributed by atoms with E-state index in [1.54, 1.807) is 0 Å². The van der Waals surface area contributed by atoms with E-state index in [1.807, 2.05) is 0 Å². The Hall–Kier alpha value is -1.65. The van der Waals surface area contributed by atoms with Crippen LogP contribution in [0.15, 0.2) is 18.2 Å². The maximum absolute atomic E-state index is 13.8. The van der Waals surface area contributed by atoms with Crippen molar-refractivity contribution in [2.24, 2.45) is 5.92 Å². The largest absolute Gasteiger partial charge is 0.374 e. The van der Waals surface area contributed by atoms with Gasteiger partial charge in [0.25, 0.3) is 5.69 Å². The molecule has 0 heterocycles. The van der Waals surface area contributed by atoms with E-state index in [-0.39, 0.29) is 17.4 Å². The highest BCUT2D eigenvalue weighted by atomic mass is 19.1. The van der Waals surface area contributed by atoms with Gasteiger partial charge in [-0.1, -0.05) is 32.3 Å². The number of nitrogens with one attached hydrogen (secondary N) is 1. The van der Waals surface area contributed by atoms with Gasteiger partial charge in [0.2, 0.25) is 0 Å². The van der Waals surface area contributed by atoms with Crippen molar-refractivity contribution in [2.75, 3.05) is 5.32 Å². The molecule has 1 saturated carbocycles. The lowest BCUT2D eigenvalue weighted by molar-refractivity contribution is -0.384. The van der Waals surface area contributed by atoms with Crippen molar-refractivity contribution in [3.05, 3.63) is 34.1 Å². The number of hydrogen-bond donors (Lipinski definition) is 1. The van der Waals surface area contributed by atoms with E-state index in [9.17, 15) is 14.5 Å². The second kappa shape index (κ2) is 5.99. The van der Waals surface area contributed by atoms with Crippen LogP contribution >= 0.6 is 0 Å². The first kappa shape index (κ1) is 13.8. The molecule has 4 nitrogen and oxygen atoms in total. The number of benzene rings is 1. The molecule has 0 radical (unpaired) electrons. The van der Waals surface area contributed by atoms with Gasteiger partial charge in [-0.2, -0.15) is 0 Å². The monoisotopic (exact) mass is 266 g/mol. The number of rotatable bonds is 4. The Morgan fingerprint density at radius 1 is 1.47 bits per heavy atom. The van der Waals surface area contributed by atoms with Crippen LogP contribution in [0.3, 0.4) is 0 Å². The van der Waals surface area contributed by atoms with Crippen molar-refractivity contribution < 1.29 is 9.31 Å². The molecule has 0 amide bonds. The van der Waals surface area contributed by atoms with Crippen LogP contribution in [-0.2, 0) is 0 Å². The highest BCUT2D eigenvalue weighted by molar-refractivity contribution is 5.62. The Morgan fingerprint density at radius 2 is 2.26 bits per heavy atom. The minimum Gasteiger partial charge on any atom is -0.374 e. The first-order valence-electron chi connectivity index (χ1n) is 6.81. The van der Waals surface area contributed by atoms with Crippen LogP contribution in [0.25, 0.3) is 0 Å². The Morgan fingerprint density at radius 3 is 2.95 bits per heavy atom. The molecule has 1 aliphatic carbocycles. The van der Waals surface area contributed by atoms with Crippen LogP contribution in [0.4, 0.5) is 15.8 Å². The van der Waals surface area contributed by atoms with E-state index < -0.39 is 10.7 Å². The first-order valence-corrected chi connectivity index (χ1v) is 6.81. The van der Waals surface area contributed by atoms with Gasteiger partial charge < -0.3 is 5.32 Å². The van der Waals surface area contributed by atoms with Crippen LogP contribution in [0.5, 0.6) is 0 Å². The van der Waals surface area contributed by atoms with Gasteiger partial charge in [-0.05, 0) is 24.8 Å². The average Bonchev–Trinajstić information content (AvgIpc) is 2.41. The van der Waals surface area contributed by atoms with E-state index in [2.05, 4.69) is 12.2 Å². The predicted molar refractivity (Wildman–Crippen MR) is 72.7 cm³/mol. The molecule has 1 fully saturated rings. The van der Waals surface area contributed by atoms with Gasteiger partial charge >= 0.3 is 0 Å². The number of nitrogens with zero attached hydrogens (tertiary/aromatic N) is 1. The zero-order valence-electron chi connectivity index (χ0n) is 11.1. The topological polar surface area (TPSA) is 55.2 Å².